The van der Waals surface area contributed by atoms with Crippen molar-refractivity contribution in [3.63, 3.8) is 0 Å². The van der Waals surface area contributed by atoms with E-state index in [1.807, 2.05) is 37.9 Å². The number of nitro groups is 1. The number of benzene rings is 1. The van der Waals surface area contributed by atoms with Crippen LogP contribution in [0.15, 0.2) is 24.5 Å². The quantitative estimate of drug-likeness (QED) is 0.674. The molecule has 0 spiro atoms. The maximum Gasteiger partial charge on any atom is 0.353 e. The van der Waals surface area contributed by atoms with Crippen molar-refractivity contribution in [2.45, 2.75) is 13.8 Å². The zero-order valence-corrected chi connectivity index (χ0v) is 14.7. The topological polar surface area (TPSA) is 87.4 Å². The highest BCUT2D eigenvalue weighted by atomic mass is 16.6. The van der Waals surface area contributed by atoms with E-state index in [4.69, 9.17) is 0 Å². The Hall–Kier alpha value is -2.74. The van der Waals surface area contributed by atoms with E-state index in [9.17, 15) is 10.1 Å². The van der Waals surface area contributed by atoms with Crippen LogP contribution in [-0.4, -0.2) is 53.0 Å². The third-order valence-electron chi connectivity index (χ3n) is 4.27. The Kier molecular flexibility index (Phi) is 4.80. The van der Waals surface area contributed by atoms with Gasteiger partial charge in [0.2, 0.25) is 11.6 Å². The molecule has 0 bridgehead atoms. The zero-order chi connectivity index (χ0) is 18.0. The Morgan fingerprint density at radius 3 is 2.32 bits per heavy atom. The molecule has 0 unspecified atom stereocenters. The van der Waals surface area contributed by atoms with Crippen molar-refractivity contribution in [2.24, 2.45) is 0 Å². The van der Waals surface area contributed by atoms with E-state index in [0.717, 1.165) is 29.9 Å². The minimum Gasteiger partial charge on any atom is -0.348 e. The Balaban J connectivity index is 1.96. The van der Waals surface area contributed by atoms with Crippen molar-refractivity contribution in [1.82, 2.24) is 14.9 Å². The maximum absolute atomic E-state index is 11.7. The third-order valence-corrected chi connectivity index (χ3v) is 4.27. The van der Waals surface area contributed by atoms with E-state index in [1.165, 1.54) is 6.33 Å². The average Bonchev–Trinajstić information content (AvgIpc) is 2.54. The highest BCUT2D eigenvalue weighted by Crippen LogP contribution is 2.34. The highest BCUT2D eigenvalue weighted by molar-refractivity contribution is 5.74. The summed E-state index contributed by atoms with van der Waals surface area (Å²) >= 11 is 0. The lowest BCUT2D eigenvalue weighted by Gasteiger charge is -2.32. The van der Waals surface area contributed by atoms with Crippen molar-refractivity contribution in [3.8, 4) is 0 Å². The smallest absolute Gasteiger partial charge is 0.348 e. The molecular formula is C17H22N6O2. The fourth-order valence-electron chi connectivity index (χ4n) is 3.06. The minimum absolute atomic E-state index is 0.0776. The van der Waals surface area contributed by atoms with Crippen molar-refractivity contribution in [3.05, 3.63) is 45.8 Å². The van der Waals surface area contributed by atoms with Crippen LogP contribution in [0, 0.1) is 24.0 Å². The van der Waals surface area contributed by atoms with Crippen LogP contribution in [0.5, 0.6) is 0 Å². The van der Waals surface area contributed by atoms with Gasteiger partial charge in [-0.1, -0.05) is 6.07 Å². The molecule has 0 atom stereocenters. The average molecular weight is 342 g/mol. The van der Waals surface area contributed by atoms with Crippen LogP contribution in [-0.2, 0) is 0 Å². The molecule has 0 radical (unpaired) electrons. The van der Waals surface area contributed by atoms with E-state index in [0.29, 0.717) is 18.9 Å². The summed E-state index contributed by atoms with van der Waals surface area (Å²) in [6, 6.07) is 5.93. The molecule has 0 aliphatic carbocycles. The minimum atomic E-state index is -0.404. The molecule has 0 amide bonds. The molecule has 1 aliphatic heterocycles. The summed E-state index contributed by atoms with van der Waals surface area (Å²) in [5.74, 6) is 0.596. The van der Waals surface area contributed by atoms with Gasteiger partial charge in [-0.3, -0.25) is 10.1 Å². The summed E-state index contributed by atoms with van der Waals surface area (Å²) in [4.78, 5) is 23.8. The maximum atomic E-state index is 11.7. The summed E-state index contributed by atoms with van der Waals surface area (Å²) in [6.07, 6.45) is 1.38. The van der Waals surface area contributed by atoms with Crippen LogP contribution in [0.25, 0.3) is 0 Å². The molecule has 1 fully saturated rings. The second-order valence-electron chi connectivity index (χ2n) is 6.44. The molecule has 1 aliphatic rings. The van der Waals surface area contributed by atoms with Crippen molar-refractivity contribution in [1.29, 1.82) is 0 Å². The molecular weight excluding hydrogens is 320 g/mol. The first kappa shape index (κ1) is 17.1. The number of piperazine rings is 1. The van der Waals surface area contributed by atoms with Gasteiger partial charge in [0.1, 0.15) is 6.33 Å². The number of nitrogens with one attached hydrogen (secondary N) is 1. The zero-order valence-electron chi connectivity index (χ0n) is 14.7. The van der Waals surface area contributed by atoms with Crippen LogP contribution in [0.3, 0.4) is 0 Å². The van der Waals surface area contributed by atoms with Crippen LogP contribution >= 0.6 is 0 Å². The molecule has 132 valence electrons. The van der Waals surface area contributed by atoms with Crippen molar-refractivity contribution < 1.29 is 4.92 Å². The molecule has 2 aromatic rings. The van der Waals surface area contributed by atoms with Gasteiger partial charge in [-0.25, -0.2) is 9.97 Å². The fourth-order valence-corrected chi connectivity index (χ4v) is 3.06. The van der Waals surface area contributed by atoms with E-state index in [-0.39, 0.29) is 11.5 Å². The lowest BCUT2D eigenvalue weighted by atomic mass is 10.1. The fraction of sp³-hybridized carbons (Fsp3) is 0.412. The molecule has 2 heterocycles. The summed E-state index contributed by atoms with van der Waals surface area (Å²) in [7, 11) is 2.04. The van der Waals surface area contributed by atoms with Crippen LogP contribution < -0.4 is 10.2 Å². The van der Waals surface area contributed by atoms with Gasteiger partial charge in [0.25, 0.3) is 0 Å². The Bertz CT molecular complexity index is 766. The molecule has 8 heteroatoms. The number of hydrogen-bond donors (Lipinski definition) is 1. The lowest BCUT2D eigenvalue weighted by Crippen LogP contribution is -2.45. The number of nitrogens with zero attached hydrogens (tertiary/aromatic N) is 5. The molecule has 0 saturated carbocycles. The second-order valence-corrected chi connectivity index (χ2v) is 6.44. The number of rotatable bonds is 4. The van der Waals surface area contributed by atoms with E-state index in [2.05, 4.69) is 26.3 Å². The van der Waals surface area contributed by atoms with Gasteiger partial charge in [0.05, 0.1) is 4.92 Å². The van der Waals surface area contributed by atoms with E-state index in [1.54, 1.807) is 0 Å². The summed E-state index contributed by atoms with van der Waals surface area (Å²) < 4.78 is 0. The number of likely N-dealkylation sites (N-methyl/N-ethyl adjacent to an activating group) is 1. The van der Waals surface area contributed by atoms with Gasteiger partial charge in [-0.2, -0.15) is 0 Å². The molecule has 8 nitrogen and oxygen atoms in total. The Labute approximate surface area is 146 Å². The van der Waals surface area contributed by atoms with Gasteiger partial charge in [-0.15, -0.1) is 0 Å². The normalized spacial score (nSPS) is 15.2. The Morgan fingerprint density at radius 1 is 1.08 bits per heavy atom. The molecule has 1 N–H and O–H groups in total. The summed E-state index contributed by atoms with van der Waals surface area (Å²) in [6.45, 7) is 7.08. The second kappa shape index (κ2) is 7.02. The van der Waals surface area contributed by atoms with Gasteiger partial charge in [0, 0.05) is 31.9 Å². The van der Waals surface area contributed by atoms with Crippen LogP contribution in [0.1, 0.15) is 11.1 Å². The number of hydrogen-bond acceptors (Lipinski definition) is 7. The van der Waals surface area contributed by atoms with E-state index < -0.39 is 4.92 Å². The standard InChI is InChI=1S/C17H22N6O2/c1-12-8-13(2)10-14(9-12)20-16-15(23(24)25)17(19-11-18-16)22-6-4-21(3)5-7-22/h8-11H,4-7H2,1-3H3,(H,18,19,20). The highest BCUT2D eigenvalue weighted by Gasteiger charge is 2.28. The predicted molar refractivity (Wildman–Crippen MR) is 97.6 cm³/mol. The van der Waals surface area contributed by atoms with Crippen molar-refractivity contribution >= 4 is 23.0 Å². The monoisotopic (exact) mass is 342 g/mol. The van der Waals surface area contributed by atoms with Crippen molar-refractivity contribution in [2.75, 3.05) is 43.4 Å². The summed E-state index contributed by atoms with van der Waals surface area (Å²) in [5.41, 5.74) is 2.87. The molecule has 3 rings (SSSR count). The van der Waals surface area contributed by atoms with Gasteiger partial charge in [-0.05, 0) is 44.2 Å². The predicted octanol–water partition coefficient (Wildman–Crippen LogP) is 2.50. The van der Waals surface area contributed by atoms with Gasteiger partial charge in [0.15, 0.2) is 0 Å². The number of anilines is 3. The largest absolute Gasteiger partial charge is 0.353 e. The van der Waals surface area contributed by atoms with E-state index >= 15 is 0 Å². The molecule has 1 aromatic heterocycles. The molecule has 1 aromatic carbocycles. The summed E-state index contributed by atoms with van der Waals surface area (Å²) in [5, 5.41) is 14.8. The first-order valence-electron chi connectivity index (χ1n) is 8.22. The number of aryl methyl sites for hydroxylation is 2. The number of aromatic nitrogens is 2. The third kappa shape index (κ3) is 3.85. The first-order valence-corrected chi connectivity index (χ1v) is 8.22. The molecule has 25 heavy (non-hydrogen) atoms. The SMILES string of the molecule is Cc1cc(C)cc(Nc2ncnc(N3CCN(C)CC3)c2[N+](=O)[O-])c1. The molecule has 1 saturated heterocycles. The van der Waals surface area contributed by atoms with Crippen LogP contribution in [0.2, 0.25) is 0 Å². The first-order chi connectivity index (χ1) is 11.9. The van der Waals surface area contributed by atoms with Gasteiger partial charge < -0.3 is 15.1 Å². The van der Waals surface area contributed by atoms with Crippen LogP contribution in [0.4, 0.5) is 23.0 Å². The Morgan fingerprint density at radius 2 is 1.72 bits per heavy atom. The lowest BCUT2D eigenvalue weighted by molar-refractivity contribution is -0.383. The van der Waals surface area contributed by atoms with Gasteiger partial charge >= 0.3 is 5.69 Å².